The van der Waals surface area contributed by atoms with Gasteiger partial charge in [0.2, 0.25) is 5.91 Å². The SMILES string of the molecule is CCc1ccc(C(C)NC(=O)CNCC(F)(F)F)cc1. The Morgan fingerprint density at radius 1 is 1.25 bits per heavy atom. The summed E-state index contributed by atoms with van der Waals surface area (Å²) in [6, 6.07) is 7.53. The number of carbonyl (C=O) groups is 1. The first-order chi connectivity index (χ1) is 9.31. The standard InChI is InChI=1S/C14H19F3N2O/c1-3-11-4-6-12(7-5-11)10(2)19-13(20)8-18-9-14(15,16)17/h4-7,10,18H,3,8-9H2,1-2H3,(H,19,20). The minimum atomic E-state index is -4.30. The van der Waals surface area contributed by atoms with Gasteiger partial charge in [0.15, 0.2) is 0 Å². The third-order valence-corrected chi connectivity index (χ3v) is 2.88. The largest absolute Gasteiger partial charge is 0.401 e. The quantitative estimate of drug-likeness (QED) is 0.844. The lowest BCUT2D eigenvalue weighted by Gasteiger charge is -2.15. The van der Waals surface area contributed by atoms with Crippen LogP contribution in [-0.4, -0.2) is 25.2 Å². The first kappa shape index (κ1) is 16.5. The van der Waals surface area contributed by atoms with E-state index < -0.39 is 18.6 Å². The average Bonchev–Trinajstić information content (AvgIpc) is 2.37. The highest BCUT2D eigenvalue weighted by Gasteiger charge is 2.26. The van der Waals surface area contributed by atoms with E-state index in [0.29, 0.717) is 0 Å². The third-order valence-electron chi connectivity index (χ3n) is 2.88. The molecule has 1 aromatic rings. The lowest BCUT2D eigenvalue weighted by Crippen LogP contribution is -2.39. The number of halogens is 3. The van der Waals surface area contributed by atoms with Crippen molar-refractivity contribution in [2.24, 2.45) is 0 Å². The highest BCUT2D eigenvalue weighted by molar-refractivity contribution is 5.78. The molecule has 1 unspecified atom stereocenters. The van der Waals surface area contributed by atoms with Crippen LogP contribution >= 0.6 is 0 Å². The van der Waals surface area contributed by atoms with Gasteiger partial charge in [-0.05, 0) is 24.5 Å². The second-order valence-electron chi connectivity index (χ2n) is 4.60. The number of hydrogen-bond acceptors (Lipinski definition) is 2. The second kappa shape index (κ2) is 7.28. The van der Waals surface area contributed by atoms with Crippen LogP contribution in [0.5, 0.6) is 0 Å². The van der Waals surface area contributed by atoms with E-state index in [1.165, 1.54) is 5.56 Å². The molecule has 0 saturated carbocycles. The van der Waals surface area contributed by atoms with Crippen LogP contribution in [0.25, 0.3) is 0 Å². The molecule has 20 heavy (non-hydrogen) atoms. The predicted molar refractivity (Wildman–Crippen MR) is 71.3 cm³/mol. The molecule has 0 aliphatic heterocycles. The predicted octanol–water partition coefficient (Wildman–Crippen LogP) is 2.58. The molecule has 0 heterocycles. The van der Waals surface area contributed by atoms with E-state index >= 15 is 0 Å². The Bertz CT molecular complexity index is 429. The number of nitrogens with one attached hydrogen (secondary N) is 2. The normalized spacial score (nSPS) is 13.1. The van der Waals surface area contributed by atoms with Crippen molar-refractivity contribution in [3.8, 4) is 0 Å². The minimum absolute atomic E-state index is 0.235. The van der Waals surface area contributed by atoms with Gasteiger partial charge in [-0.15, -0.1) is 0 Å². The topological polar surface area (TPSA) is 41.1 Å². The number of amides is 1. The van der Waals surface area contributed by atoms with Crippen molar-refractivity contribution >= 4 is 5.91 Å². The Balaban J connectivity index is 2.40. The molecule has 0 aromatic heterocycles. The van der Waals surface area contributed by atoms with E-state index in [9.17, 15) is 18.0 Å². The molecule has 0 radical (unpaired) electrons. The molecule has 112 valence electrons. The molecule has 1 atom stereocenters. The molecule has 0 spiro atoms. The van der Waals surface area contributed by atoms with E-state index in [-0.39, 0.29) is 12.6 Å². The summed E-state index contributed by atoms with van der Waals surface area (Å²) in [5.74, 6) is -0.457. The zero-order valence-corrected chi connectivity index (χ0v) is 11.6. The van der Waals surface area contributed by atoms with Gasteiger partial charge in [-0.2, -0.15) is 13.2 Å². The van der Waals surface area contributed by atoms with Gasteiger partial charge in [-0.1, -0.05) is 31.2 Å². The van der Waals surface area contributed by atoms with Gasteiger partial charge in [0.05, 0.1) is 19.1 Å². The Labute approximate surface area is 116 Å². The van der Waals surface area contributed by atoms with Crippen molar-refractivity contribution < 1.29 is 18.0 Å². The third kappa shape index (κ3) is 6.06. The van der Waals surface area contributed by atoms with Gasteiger partial charge in [0.25, 0.3) is 0 Å². The number of alkyl halides is 3. The maximum atomic E-state index is 11.9. The maximum Gasteiger partial charge on any atom is 0.401 e. The fourth-order valence-corrected chi connectivity index (χ4v) is 1.74. The van der Waals surface area contributed by atoms with Crippen LogP contribution in [0.3, 0.4) is 0 Å². The number of aryl methyl sites for hydroxylation is 1. The van der Waals surface area contributed by atoms with Gasteiger partial charge in [-0.25, -0.2) is 0 Å². The second-order valence-corrected chi connectivity index (χ2v) is 4.60. The average molecular weight is 288 g/mol. The Hall–Kier alpha value is -1.56. The van der Waals surface area contributed by atoms with Crippen LogP contribution in [0, 0.1) is 0 Å². The number of hydrogen-bond donors (Lipinski definition) is 2. The van der Waals surface area contributed by atoms with E-state index in [2.05, 4.69) is 10.6 Å². The molecule has 6 heteroatoms. The fraction of sp³-hybridized carbons (Fsp3) is 0.500. The van der Waals surface area contributed by atoms with Gasteiger partial charge in [-0.3, -0.25) is 4.79 Å². The fourth-order valence-electron chi connectivity index (χ4n) is 1.74. The molecule has 1 aromatic carbocycles. The van der Waals surface area contributed by atoms with Gasteiger partial charge < -0.3 is 10.6 Å². The van der Waals surface area contributed by atoms with Crippen molar-refractivity contribution in [1.82, 2.24) is 10.6 Å². The highest BCUT2D eigenvalue weighted by atomic mass is 19.4. The Morgan fingerprint density at radius 2 is 1.85 bits per heavy atom. The van der Waals surface area contributed by atoms with Crippen molar-refractivity contribution in [2.75, 3.05) is 13.1 Å². The molecule has 0 saturated heterocycles. The summed E-state index contributed by atoms with van der Waals surface area (Å²) in [5, 5.41) is 4.71. The summed E-state index contributed by atoms with van der Waals surface area (Å²) in [7, 11) is 0. The van der Waals surface area contributed by atoms with Crippen molar-refractivity contribution in [1.29, 1.82) is 0 Å². The molecular weight excluding hydrogens is 269 g/mol. The first-order valence-corrected chi connectivity index (χ1v) is 6.47. The maximum absolute atomic E-state index is 11.9. The van der Waals surface area contributed by atoms with Crippen molar-refractivity contribution in [3.05, 3.63) is 35.4 Å². The van der Waals surface area contributed by atoms with Crippen LogP contribution in [0.2, 0.25) is 0 Å². The Morgan fingerprint density at radius 3 is 2.35 bits per heavy atom. The summed E-state index contributed by atoms with van der Waals surface area (Å²) < 4.78 is 35.7. The Kier molecular flexibility index (Phi) is 6.01. The number of carbonyl (C=O) groups excluding carboxylic acids is 1. The molecule has 0 aliphatic rings. The molecule has 3 nitrogen and oxygen atoms in total. The molecule has 0 fully saturated rings. The number of rotatable bonds is 6. The van der Waals surface area contributed by atoms with Gasteiger partial charge in [0.1, 0.15) is 0 Å². The molecule has 0 bridgehead atoms. The summed E-state index contributed by atoms with van der Waals surface area (Å²) in [4.78, 5) is 11.5. The van der Waals surface area contributed by atoms with Crippen molar-refractivity contribution in [3.63, 3.8) is 0 Å². The molecular formula is C14H19F3N2O. The van der Waals surface area contributed by atoms with Crippen LogP contribution in [0.15, 0.2) is 24.3 Å². The summed E-state index contributed by atoms with van der Waals surface area (Å²) in [6.45, 7) is 2.33. The molecule has 2 N–H and O–H groups in total. The highest BCUT2D eigenvalue weighted by Crippen LogP contribution is 2.14. The number of benzene rings is 1. The molecule has 1 amide bonds. The molecule has 0 aliphatic carbocycles. The van der Waals surface area contributed by atoms with Crippen LogP contribution in [0.1, 0.15) is 31.0 Å². The van der Waals surface area contributed by atoms with Gasteiger partial charge >= 0.3 is 6.18 Å². The van der Waals surface area contributed by atoms with E-state index in [0.717, 1.165) is 12.0 Å². The summed E-state index contributed by atoms with van der Waals surface area (Å²) in [5.41, 5.74) is 2.12. The van der Waals surface area contributed by atoms with E-state index in [4.69, 9.17) is 0 Å². The lowest BCUT2D eigenvalue weighted by molar-refractivity contribution is -0.128. The zero-order valence-electron chi connectivity index (χ0n) is 11.6. The van der Waals surface area contributed by atoms with Crippen molar-refractivity contribution in [2.45, 2.75) is 32.5 Å². The summed E-state index contributed by atoms with van der Waals surface area (Å²) >= 11 is 0. The zero-order chi connectivity index (χ0) is 15.2. The van der Waals surface area contributed by atoms with Crippen LogP contribution < -0.4 is 10.6 Å². The molecule has 1 rings (SSSR count). The minimum Gasteiger partial charge on any atom is -0.348 e. The lowest BCUT2D eigenvalue weighted by atomic mass is 10.1. The summed E-state index contributed by atoms with van der Waals surface area (Å²) in [6.07, 6.45) is -3.37. The van der Waals surface area contributed by atoms with Crippen LogP contribution in [0.4, 0.5) is 13.2 Å². The van der Waals surface area contributed by atoms with Crippen LogP contribution in [-0.2, 0) is 11.2 Å². The van der Waals surface area contributed by atoms with Gasteiger partial charge in [0, 0.05) is 0 Å². The monoisotopic (exact) mass is 288 g/mol. The van der Waals surface area contributed by atoms with E-state index in [1.807, 2.05) is 31.2 Å². The van der Waals surface area contributed by atoms with E-state index in [1.54, 1.807) is 6.92 Å². The smallest absolute Gasteiger partial charge is 0.348 e. The first-order valence-electron chi connectivity index (χ1n) is 6.47.